The third kappa shape index (κ3) is 3.15. The minimum absolute atomic E-state index is 0.115. The van der Waals surface area contributed by atoms with Gasteiger partial charge >= 0.3 is 0 Å². The molecule has 2 aromatic heterocycles. The third-order valence-electron chi connectivity index (χ3n) is 4.47. The maximum absolute atomic E-state index is 13.0. The molecule has 0 saturated heterocycles. The van der Waals surface area contributed by atoms with Gasteiger partial charge in [-0.1, -0.05) is 42.5 Å². The van der Waals surface area contributed by atoms with Crippen LogP contribution in [0.3, 0.4) is 0 Å². The van der Waals surface area contributed by atoms with Crippen molar-refractivity contribution in [1.29, 1.82) is 0 Å². The highest BCUT2D eigenvalue weighted by Gasteiger charge is 2.44. The van der Waals surface area contributed by atoms with Gasteiger partial charge in [0.2, 0.25) is 5.78 Å². The zero-order valence-corrected chi connectivity index (χ0v) is 15.1. The summed E-state index contributed by atoms with van der Waals surface area (Å²) in [6, 6.07) is 17.5. The molecule has 5 nitrogen and oxygen atoms in total. The minimum atomic E-state index is -0.657. The van der Waals surface area contributed by atoms with E-state index in [4.69, 9.17) is 0 Å². The Morgan fingerprint density at radius 2 is 1.85 bits per heavy atom. The molecule has 1 aliphatic rings. The Morgan fingerprint density at radius 1 is 1.07 bits per heavy atom. The summed E-state index contributed by atoms with van der Waals surface area (Å²) >= 11 is 1.29. The third-order valence-corrected chi connectivity index (χ3v) is 5.34. The number of rotatable bonds is 5. The first-order valence-corrected chi connectivity index (χ1v) is 9.32. The fourth-order valence-corrected chi connectivity index (χ4v) is 3.92. The van der Waals surface area contributed by atoms with E-state index in [0.29, 0.717) is 10.6 Å². The summed E-state index contributed by atoms with van der Waals surface area (Å²) in [6.45, 7) is 0.199. The number of thiophene rings is 1. The summed E-state index contributed by atoms with van der Waals surface area (Å²) in [6.07, 6.45) is 1.65. The zero-order chi connectivity index (χ0) is 18.8. The van der Waals surface area contributed by atoms with Crippen molar-refractivity contribution in [2.45, 2.75) is 12.6 Å². The molecule has 1 N–H and O–H groups in total. The molecule has 1 aliphatic heterocycles. The van der Waals surface area contributed by atoms with Gasteiger partial charge in [0.25, 0.3) is 5.91 Å². The summed E-state index contributed by atoms with van der Waals surface area (Å²) in [5.41, 5.74) is 1.57. The van der Waals surface area contributed by atoms with E-state index in [2.05, 4.69) is 4.98 Å². The summed E-state index contributed by atoms with van der Waals surface area (Å²) in [4.78, 5) is 32.1. The number of hydrogen-bond donors (Lipinski definition) is 1. The van der Waals surface area contributed by atoms with Crippen molar-refractivity contribution in [1.82, 2.24) is 9.88 Å². The molecule has 1 aromatic carbocycles. The first-order valence-electron chi connectivity index (χ1n) is 8.44. The maximum Gasteiger partial charge on any atom is 0.290 e. The second-order valence-electron chi connectivity index (χ2n) is 6.14. The Labute approximate surface area is 160 Å². The molecule has 0 bridgehead atoms. The number of aliphatic hydroxyl groups is 1. The molecule has 0 radical (unpaired) electrons. The Bertz CT molecular complexity index is 998. The standard InChI is InChI=1S/C21H16N2O3S/c24-19(16-10-6-12-27-16)17-18(14-7-2-1-3-8-14)23(21(26)20(17)25)13-15-9-4-5-11-22-15/h1-12,18,25H,13H2. The largest absolute Gasteiger partial charge is 0.503 e. The van der Waals surface area contributed by atoms with Crippen LogP contribution in [-0.2, 0) is 11.3 Å². The van der Waals surface area contributed by atoms with Gasteiger partial charge in [-0.05, 0) is 29.1 Å². The van der Waals surface area contributed by atoms with Gasteiger partial charge in [-0.2, -0.15) is 0 Å². The molecule has 134 valence electrons. The molecule has 1 unspecified atom stereocenters. The fraction of sp³-hybridized carbons (Fsp3) is 0.0952. The lowest BCUT2D eigenvalue weighted by atomic mass is 9.95. The first kappa shape index (κ1) is 17.2. The van der Waals surface area contributed by atoms with Crippen molar-refractivity contribution in [2.75, 3.05) is 0 Å². The maximum atomic E-state index is 13.0. The van der Waals surface area contributed by atoms with Crippen LogP contribution < -0.4 is 0 Å². The number of hydrogen-bond acceptors (Lipinski definition) is 5. The number of pyridine rings is 1. The summed E-state index contributed by atoms with van der Waals surface area (Å²) in [5, 5.41) is 12.4. The lowest BCUT2D eigenvalue weighted by molar-refractivity contribution is -0.130. The van der Waals surface area contributed by atoms with Crippen molar-refractivity contribution in [3.8, 4) is 0 Å². The van der Waals surface area contributed by atoms with Gasteiger partial charge in [0.05, 0.1) is 28.7 Å². The first-order chi connectivity index (χ1) is 13.2. The van der Waals surface area contributed by atoms with E-state index >= 15 is 0 Å². The minimum Gasteiger partial charge on any atom is -0.503 e. The highest BCUT2D eigenvalue weighted by atomic mass is 32.1. The van der Waals surface area contributed by atoms with E-state index in [1.54, 1.807) is 29.8 Å². The summed E-state index contributed by atoms with van der Waals surface area (Å²) in [5.74, 6) is -1.37. The van der Waals surface area contributed by atoms with Crippen molar-refractivity contribution < 1.29 is 14.7 Å². The fourth-order valence-electron chi connectivity index (χ4n) is 3.24. The van der Waals surface area contributed by atoms with Gasteiger partial charge in [0.15, 0.2) is 5.76 Å². The number of aliphatic hydroxyl groups excluding tert-OH is 1. The smallest absolute Gasteiger partial charge is 0.290 e. The molecule has 0 spiro atoms. The number of nitrogens with zero attached hydrogens (tertiary/aromatic N) is 2. The molecular formula is C21H16N2O3S. The molecule has 0 fully saturated rings. The van der Waals surface area contributed by atoms with Crippen LogP contribution in [0.4, 0.5) is 0 Å². The molecule has 6 heteroatoms. The predicted molar refractivity (Wildman–Crippen MR) is 102 cm³/mol. The SMILES string of the molecule is O=C(C1=C(O)C(=O)N(Cc2ccccn2)C1c1ccccc1)c1cccs1. The van der Waals surface area contributed by atoms with E-state index in [9.17, 15) is 14.7 Å². The molecule has 1 atom stereocenters. The molecule has 3 heterocycles. The number of ketones is 1. The second-order valence-corrected chi connectivity index (χ2v) is 7.08. The number of carbonyl (C=O) groups is 2. The quantitative estimate of drug-likeness (QED) is 0.685. The average molecular weight is 376 g/mol. The monoisotopic (exact) mass is 376 g/mol. The van der Waals surface area contributed by atoms with Crippen LogP contribution in [0.25, 0.3) is 0 Å². The zero-order valence-electron chi connectivity index (χ0n) is 14.3. The Morgan fingerprint density at radius 3 is 2.52 bits per heavy atom. The van der Waals surface area contributed by atoms with Gasteiger partial charge in [-0.15, -0.1) is 11.3 Å². The number of aromatic nitrogens is 1. The number of amides is 1. The van der Waals surface area contributed by atoms with Gasteiger partial charge in [-0.25, -0.2) is 0 Å². The molecule has 3 aromatic rings. The van der Waals surface area contributed by atoms with E-state index in [-0.39, 0.29) is 17.9 Å². The predicted octanol–water partition coefficient (Wildman–Crippen LogP) is 3.92. The molecular weight excluding hydrogens is 360 g/mol. The van der Waals surface area contributed by atoms with E-state index in [1.807, 2.05) is 42.5 Å². The second kappa shape index (κ2) is 7.17. The average Bonchev–Trinajstić information content (AvgIpc) is 3.32. The Kier molecular flexibility index (Phi) is 4.56. The van der Waals surface area contributed by atoms with Crippen LogP contribution in [0.1, 0.15) is 27.0 Å². The highest BCUT2D eigenvalue weighted by Crippen LogP contribution is 2.40. The summed E-state index contributed by atoms with van der Waals surface area (Å²) < 4.78 is 0. The molecule has 4 rings (SSSR count). The summed E-state index contributed by atoms with van der Waals surface area (Å²) in [7, 11) is 0. The van der Waals surface area contributed by atoms with Crippen molar-refractivity contribution in [3.05, 3.63) is 99.7 Å². The van der Waals surface area contributed by atoms with Crippen LogP contribution in [0.5, 0.6) is 0 Å². The number of benzene rings is 1. The van der Waals surface area contributed by atoms with Gasteiger partial charge in [0.1, 0.15) is 0 Å². The lowest BCUT2D eigenvalue weighted by Crippen LogP contribution is -2.31. The topological polar surface area (TPSA) is 70.5 Å². The normalized spacial score (nSPS) is 16.8. The lowest BCUT2D eigenvalue weighted by Gasteiger charge is -2.26. The van der Waals surface area contributed by atoms with Crippen LogP contribution in [0.15, 0.2) is 83.6 Å². The van der Waals surface area contributed by atoms with Crippen molar-refractivity contribution in [2.24, 2.45) is 0 Å². The van der Waals surface area contributed by atoms with Crippen LogP contribution in [-0.4, -0.2) is 26.7 Å². The molecule has 0 aliphatic carbocycles. The van der Waals surface area contributed by atoms with Crippen LogP contribution in [0, 0.1) is 0 Å². The van der Waals surface area contributed by atoms with Crippen molar-refractivity contribution in [3.63, 3.8) is 0 Å². The Hall–Kier alpha value is -3.25. The van der Waals surface area contributed by atoms with Gasteiger partial charge in [0, 0.05) is 6.20 Å². The number of carbonyl (C=O) groups excluding carboxylic acids is 2. The van der Waals surface area contributed by atoms with Gasteiger partial charge < -0.3 is 10.0 Å². The Balaban J connectivity index is 1.79. The van der Waals surface area contributed by atoms with E-state index in [0.717, 1.165) is 5.56 Å². The van der Waals surface area contributed by atoms with Crippen LogP contribution in [0.2, 0.25) is 0 Å². The molecule has 27 heavy (non-hydrogen) atoms. The van der Waals surface area contributed by atoms with E-state index < -0.39 is 17.7 Å². The highest BCUT2D eigenvalue weighted by molar-refractivity contribution is 7.12. The van der Waals surface area contributed by atoms with E-state index in [1.165, 1.54) is 16.2 Å². The van der Waals surface area contributed by atoms with Crippen molar-refractivity contribution >= 4 is 23.0 Å². The number of Topliss-reactive ketones (excluding diaryl/α,β-unsaturated/α-hetero) is 1. The molecule has 0 saturated carbocycles. The van der Waals surface area contributed by atoms with Gasteiger partial charge in [-0.3, -0.25) is 14.6 Å². The van der Waals surface area contributed by atoms with Crippen LogP contribution >= 0.6 is 11.3 Å². The molecule has 1 amide bonds.